The third-order valence-electron chi connectivity index (χ3n) is 6.85. The van der Waals surface area contributed by atoms with Crippen molar-refractivity contribution < 1.29 is 36.7 Å². The second-order valence-corrected chi connectivity index (χ2v) is 9.30. The summed E-state index contributed by atoms with van der Waals surface area (Å²) in [6, 6.07) is 8.33. The quantitative estimate of drug-likeness (QED) is 0.468. The van der Waals surface area contributed by atoms with E-state index in [1.165, 1.54) is 54.5 Å². The van der Waals surface area contributed by atoms with Gasteiger partial charge in [0.2, 0.25) is 23.6 Å². The van der Waals surface area contributed by atoms with E-state index in [9.17, 15) is 36.7 Å². The third-order valence-corrected chi connectivity index (χ3v) is 6.85. The number of rotatable bonds is 9. The maximum atomic E-state index is 13.8. The van der Waals surface area contributed by atoms with Crippen molar-refractivity contribution in [2.75, 3.05) is 20.1 Å². The highest BCUT2D eigenvalue weighted by molar-refractivity contribution is 5.97. The summed E-state index contributed by atoms with van der Waals surface area (Å²) < 4.78 is 52.6. The van der Waals surface area contributed by atoms with Crippen molar-refractivity contribution in [2.45, 2.75) is 43.9 Å². The maximum Gasteiger partial charge on any atom is 0.416 e. The Kier molecular flexibility index (Phi) is 8.98. The normalized spacial score (nSPS) is 17.5. The van der Waals surface area contributed by atoms with Gasteiger partial charge in [-0.2, -0.15) is 13.2 Å². The summed E-state index contributed by atoms with van der Waals surface area (Å²) in [5.74, 6) is -2.92. The fourth-order valence-electron chi connectivity index (χ4n) is 4.63. The topological polar surface area (TPSA) is 113 Å². The Balaban J connectivity index is 1.90. The van der Waals surface area contributed by atoms with Gasteiger partial charge in [0.05, 0.1) is 12.0 Å². The molecule has 1 radical (unpaired) electrons. The van der Waals surface area contributed by atoms with E-state index in [-0.39, 0.29) is 37.9 Å². The van der Waals surface area contributed by atoms with Crippen molar-refractivity contribution >= 4 is 23.6 Å². The Bertz CT molecular complexity index is 1220. The van der Waals surface area contributed by atoms with Crippen LogP contribution in [0.5, 0.6) is 0 Å². The second kappa shape index (κ2) is 11.8. The maximum absolute atomic E-state index is 13.8. The molecule has 0 bridgehead atoms. The standard InChI is InChI=1S/C27H29F4N4O4/c1-26(25(39)33-2,18-6-8-19(9-7-18)27(29,30)31)35-16-15-34(21(24(35)38)12-13-22(32)36)23(37)14-5-17-3-10-20(28)11-4-17/h3-4,6-11,14,21H,5,12-13,15-16H2,1-2H3,(H2,32,36)(H,33,39)/t21-,26+/m0/s1. The number of primary amides is 1. The number of hydrogen-bond donors (Lipinski definition) is 2. The van der Waals surface area contributed by atoms with Crippen molar-refractivity contribution in [3.8, 4) is 0 Å². The molecule has 1 aliphatic heterocycles. The molecule has 2 atom stereocenters. The summed E-state index contributed by atoms with van der Waals surface area (Å²) in [5.41, 5.74) is 3.47. The lowest BCUT2D eigenvalue weighted by Gasteiger charge is -2.48. The molecule has 1 heterocycles. The third kappa shape index (κ3) is 6.55. The zero-order valence-corrected chi connectivity index (χ0v) is 21.4. The van der Waals surface area contributed by atoms with E-state index in [1.807, 2.05) is 0 Å². The van der Waals surface area contributed by atoms with Crippen LogP contribution in [-0.2, 0) is 37.3 Å². The largest absolute Gasteiger partial charge is 0.416 e. The van der Waals surface area contributed by atoms with Crippen LogP contribution in [0.1, 0.15) is 36.5 Å². The highest BCUT2D eigenvalue weighted by atomic mass is 19.4. The second-order valence-electron chi connectivity index (χ2n) is 9.30. The fraction of sp³-hybridized carbons (Fsp3) is 0.370. The van der Waals surface area contributed by atoms with E-state index in [4.69, 9.17) is 5.73 Å². The van der Waals surface area contributed by atoms with Gasteiger partial charge < -0.3 is 20.9 Å². The van der Waals surface area contributed by atoms with Crippen LogP contribution in [0, 0.1) is 12.2 Å². The number of piperazine rings is 1. The average Bonchev–Trinajstić information content (AvgIpc) is 2.90. The van der Waals surface area contributed by atoms with Gasteiger partial charge in [0.15, 0.2) is 0 Å². The first-order valence-corrected chi connectivity index (χ1v) is 12.2. The minimum Gasteiger partial charge on any atom is -0.370 e. The average molecular weight is 550 g/mol. The van der Waals surface area contributed by atoms with Crippen LogP contribution >= 0.6 is 0 Å². The Morgan fingerprint density at radius 3 is 2.15 bits per heavy atom. The number of amides is 4. The molecule has 0 aromatic heterocycles. The number of nitrogens with one attached hydrogen (secondary N) is 1. The molecular weight excluding hydrogens is 520 g/mol. The summed E-state index contributed by atoms with van der Waals surface area (Å²) in [6.45, 7) is 1.30. The number of likely N-dealkylation sites (N-methyl/N-ethyl adjacent to an activating group) is 1. The smallest absolute Gasteiger partial charge is 0.370 e. The molecule has 12 heteroatoms. The summed E-state index contributed by atoms with van der Waals surface area (Å²) in [7, 11) is 1.34. The number of carbonyl (C=O) groups excluding carboxylic acids is 4. The first-order valence-electron chi connectivity index (χ1n) is 12.2. The lowest BCUT2D eigenvalue weighted by molar-refractivity contribution is -0.161. The van der Waals surface area contributed by atoms with Gasteiger partial charge in [0.1, 0.15) is 17.4 Å². The summed E-state index contributed by atoms with van der Waals surface area (Å²) in [4.78, 5) is 54.0. The molecule has 4 amide bonds. The van der Waals surface area contributed by atoms with Gasteiger partial charge in [0.25, 0.3) is 0 Å². The molecule has 0 aliphatic carbocycles. The molecule has 1 saturated heterocycles. The molecule has 1 aliphatic rings. The molecule has 0 unspecified atom stereocenters. The number of carbonyl (C=O) groups is 4. The number of alkyl halides is 3. The Morgan fingerprint density at radius 2 is 1.62 bits per heavy atom. The van der Waals surface area contributed by atoms with E-state index in [0.29, 0.717) is 5.56 Å². The van der Waals surface area contributed by atoms with E-state index in [2.05, 4.69) is 5.32 Å². The van der Waals surface area contributed by atoms with Crippen molar-refractivity contribution in [1.29, 1.82) is 0 Å². The Morgan fingerprint density at radius 1 is 1.03 bits per heavy atom. The lowest BCUT2D eigenvalue weighted by atomic mass is 9.86. The molecule has 209 valence electrons. The van der Waals surface area contributed by atoms with Gasteiger partial charge in [-0.3, -0.25) is 19.2 Å². The highest BCUT2D eigenvalue weighted by Crippen LogP contribution is 2.35. The van der Waals surface area contributed by atoms with Crippen LogP contribution in [0.4, 0.5) is 17.6 Å². The number of nitrogens with zero attached hydrogens (tertiary/aromatic N) is 2. The first kappa shape index (κ1) is 29.6. The van der Waals surface area contributed by atoms with Crippen LogP contribution in [-0.4, -0.2) is 59.6 Å². The zero-order chi connectivity index (χ0) is 29.0. The van der Waals surface area contributed by atoms with Crippen LogP contribution in [0.25, 0.3) is 0 Å². The van der Waals surface area contributed by atoms with Crippen molar-refractivity contribution in [1.82, 2.24) is 15.1 Å². The summed E-state index contributed by atoms with van der Waals surface area (Å²) in [6.07, 6.45) is -3.42. The minimum absolute atomic E-state index is 0.0128. The number of halogens is 4. The molecule has 8 nitrogen and oxygen atoms in total. The van der Waals surface area contributed by atoms with Crippen molar-refractivity contribution in [2.24, 2.45) is 5.73 Å². The molecule has 39 heavy (non-hydrogen) atoms. The molecule has 3 rings (SSSR count). The van der Waals surface area contributed by atoms with E-state index < -0.39 is 52.8 Å². The predicted molar refractivity (Wildman–Crippen MR) is 133 cm³/mol. The monoisotopic (exact) mass is 549 g/mol. The summed E-state index contributed by atoms with van der Waals surface area (Å²) >= 11 is 0. The fourth-order valence-corrected chi connectivity index (χ4v) is 4.63. The van der Waals surface area contributed by atoms with E-state index >= 15 is 0 Å². The molecule has 1 fully saturated rings. The predicted octanol–water partition coefficient (Wildman–Crippen LogP) is 2.56. The SMILES string of the molecule is CNC(=O)[C@@](C)(c1ccc(C(F)(F)F)cc1)N1CCN(C(=O)[CH]Cc2ccc(F)cc2)[C@@H](CCC(N)=O)C1=O. The molecule has 0 saturated carbocycles. The van der Waals surface area contributed by atoms with Crippen molar-refractivity contribution in [3.05, 3.63) is 77.5 Å². The van der Waals surface area contributed by atoms with Crippen LogP contribution in [0.15, 0.2) is 48.5 Å². The van der Waals surface area contributed by atoms with E-state index in [1.54, 1.807) is 0 Å². The van der Waals surface area contributed by atoms with Gasteiger partial charge in [-0.1, -0.05) is 24.3 Å². The zero-order valence-electron chi connectivity index (χ0n) is 21.4. The molecular formula is C27H29F4N4O4. The highest BCUT2D eigenvalue weighted by Gasteiger charge is 2.49. The first-order chi connectivity index (χ1) is 18.3. The van der Waals surface area contributed by atoms with Gasteiger partial charge >= 0.3 is 6.18 Å². The molecule has 3 N–H and O–H groups in total. The van der Waals surface area contributed by atoms with Gasteiger partial charge in [-0.05, 0) is 55.2 Å². The number of benzene rings is 2. The number of nitrogens with two attached hydrogens (primary N) is 1. The molecule has 0 spiro atoms. The number of hydrogen-bond acceptors (Lipinski definition) is 4. The Hall–Kier alpha value is -3.96. The van der Waals surface area contributed by atoms with Gasteiger partial charge in [-0.25, -0.2) is 4.39 Å². The van der Waals surface area contributed by atoms with Crippen LogP contribution in [0.2, 0.25) is 0 Å². The van der Waals surface area contributed by atoms with Gasteiger partial charge in [-0.15, -0.1) is 0 Å². The van der Waals surface area contributed by atoms with Gasteiger partial charge in [0, 0.05) is 26.6 Å². The van der Waals surface area contributed by atoms with Crippen molar-refractivity contribution in [3.63, 3.8) is 0 Å². The van der Waals surface area contributed by atoms with E-state index in [0.717, 1.165) is 24.3 Å². The summed E-state index contributed by atoms with van der Waals surface area (Å²) in [5, 5.41) is 2.47. The Labute approximate surface area is 223 Å². The lowest BCUT2D eigenvalue weighted by Crippen LogP contribution is -2.66. The minimum atomic E-state index is -4.59. The van der Waals surface area contributed by atoms with Crippen LogP contribution < -0.4 is 11.1 Å². The molecule has 2 aromatic carbocycles. The van der Waals surface area contributed by atoms with Crippen LogP contribution in [0.3, 0.4) is 0 Å². The molecule has 2 aromatic rings.